The van der Waals surface area contributed by atoms with Gasteiger partial charge >= 0.3 is 0 Å². The quantitative estimate of drug-likeness (QED) is 0.322. The van der Waals surface area contributed by atoms with Gasteiger partial charge in [-0.25, -0.2) is 0 Å². The van der Waals surface area contributed by atoms with Crippen molar-refractivity contribution in [3.63, 3.8) is 0 Å². The topological polar surface area (TPSA) is 51.2 Å². The van der Waals surface area contributed by atoms with Crippen molar-refractivity contribution in [1.29, 1.82) is 0 Å². The Labute approximate surface area is 230 Å². The molecular formula is C27H52O4S3. The van der Waals surface area contributed by atoms with E-state index in [1.54, 1.807) is 5.57 Å². The van der Waals surface area contributed by atoms with Crippen LogP contribution in [0.25, 0.3) is 0 Å². The Morgan fingerprint density at radius 2 is 1.68 bits per heavy atom. The van der Waals surface area contributed by atoms with Crippen molar-refractivity contribution in [2.24, 2.45) is 17.3 Å². The lowest BCUT2D eigenvalue weighted by Crippen LogP contribution is -2.54. The zero-order chi connectivity index (χ0) is 19.3. The molecule has 3 saturated carbocycles. The molecule has 0 radical (unpaired) electrons. The van der Waals surface area contributed by atoms with Gasteiger partial charge in [0.1, 0.15) is 11.2 Å². The minimum absolute atomic E-state index is 0. The summed E-state index contributed by atoms with van der Waals surface area (Å²) in [5.41, 5.74) is 0.891. The monoisotopic (exact) mass is 536 g/mol. The molecule has 1 N–H and O–H groups in total. The van der Waals surface area contributed by atoms with Crippen LogP contribution in [0.5, 0.6) is 0 Å². The fourth-order valence-corrected chi connectivity index (χ4v) is 8.08. The summed E-state index contributed by atoms with van der Waals surface area (Å²) >= 11 is 0. The van der Waals surface area contributed by atoms with Crippen LogP contribution in [0.15, 0.2) is 23.8 Å². The standard InChI is InChI=1S/C24H34O4.3CH4.3H2S/c1-3-4-8-21(25)10-7-18-17-5-11-22-16-23(26-14-15-27-23)12-13-24(22,28-22)19(17)6-9-20(18,21)2;;;;;;/h3-4,6,17-18,25H,5,7-16H2,1-2H3;3*1H4;3*1H2/b4-3+;;;;;;/t17-,18-,20-,21-,22+,24+;;;;;;/m0....../s1. The van der Waals surface area contributed by atoms with Crippen LogP contribution in [0.3, 0.4) is 0 Å². The van der Waals surface area contributed by atoms with Gasteiger partial charge < -0.3 is 19.3 Å². The maximum Gasteiger partial charge on any atom is 0.171 e. The number of ether oxygens (including phenoxy) is 3. The first kappa shape index (κ1) is 34.4. The summed E-state index contributed by atoms with van der Waals surface area (Å²) in [6.45, 7) is 5.85. The van der Waals surface area contributed by atoms with Crippen LogP contribution in [-0.2, 0) is 14.2 Å². The predicted molar refractivity (Wildman–Crippen MR) is 157 cm³/mol. The van der Waals surface area contributed by atoms with Crippen LogP contribution < -0.4 is 0 Å². The molecule has 4 aliphatic carbocycles. The third-order valence-electron chi connectivity index (χ3n) is 9.69. The fraction of sp³-hybridized carbons (Fsp3) is 0.852. The second-order valence-electron chi connectivity index (χ2n) is 10.6. The average Bonchev–Trinajstić information content (AvgIpc) is 3.03. The number of epoxide rings is 1. The minimum Gasteiger partial charge on any atom is -0.389 e. The molecule has 0 amide bonds. The van der Waals surface area contributed by atoms with Crippen molar-refractivity contribution in [1.82, 2.24) is 0 Å². The summed E-state index contributed by atoms with van der Waals surface area (Å²) in [5, 5.41) is 11.6. The van der Waals surface area contributed by atoms with E-state index in [-0.39, 0.29) is 85.2 Å². The molecular weight excluding hydrogens is 484 g/mol. The number of aliphatic hydroxyl groups is 1. The van der Waals surface area contributed by atoms with Gasteiger partial charge in [-0.2, -0.15) is 40.5 Å². The number of allylic oxidation sites excluding steroid dienone is 2. The van der Waals surface area contributed by atoms with Gasteiger partial charge in [-0.15, -0.1) is 0 Å². The van der Waals surface area contributed by atoms with E-state index in [0.717, 1.165) is 64.6 Å². The normalized spacial score (nSPS) is 44.0. The molecule has 7 heteroatoms. The zero-order valence-electron chi connectivity index (χ0n) is 18.8. The van der Waals surface area contributed by atoms with Crippen LogP contribution in [0, 0.1) is 17.3 Å². The Kier molecular flexibility index (Phi) is 11.1. The van der Waals surface area contributed by atoms with Crippen LogP contribution in [0.4, 0.5) is 0 Å². The molecule has 2 heterocycles. The second-order valence-corrected chi connectivity index (χ2v) is 10.6. The largest absolute Gasteiger partial charge is 0.389 e. The van der Waals surface area contributed by atoms with E-state index in [1.165, 1.54) is 6.42 Å². The lowest BCUT2D eigenvalue weighted by atomic mass is 9.52. The maximum absolute atomic E-state index is 11.6. The molecule has 0 bridgehead atoms. The molecule has 34 heavy (non-hydrogen) atoms. The predicted octanol–water partition coefficient (Wildman–Crippen LogP) is 6.52. The number of hydrogen-bond donors (Lipinski definition) is 1. The highest BCUT2D eigenvalue weighted by Gasteiger charge is 2.79. The molecule has 0 aromatic heterocycles. The van der Waals surface area contributed by atoms with Crippen molar-refractivity contribution < 1.29 is 19.3 Å². The summed E-state index contributed by atoms with van der Waals surface area (Å²) in [6, 6.07) is 0. The molecule has 4 nitrogen and oxygen atoms in total. The van der Waals surface area contributed by atoms with Gasteiger partial charge in [-0.3, -0.25) is 0 Å². The summed E-state index contributed by atoms with van der Waals surface area (Å²) in [7, 11) is 0. The first-order valence-electron chi connectivity index (χ1n) is 11.4. The Bertz CT molecular complexity index is 767. The molecule has 0 aromatic carbocycles. The Hall–Kier alpha value is 0.370. The van der Waals surface area contributed by atoms with Gasteiger partial charge in [0.05, 0.1) is 18.8 Å². The van der Waals surface area contributed by atoms with Crippen molar-refractivity contribution in [3.8, 4) is 0 Å². The van der Waals surface area contributed by atoms with Crippen LogP contribution in [-0.4, -0.2) is 40.9 Å². The van der Waals surface area contributed by atoms with Gasteiger partial charge in [0.25, 0.3) is 0 Å². The lowest BCUT2D eigenvalue weighted by molar-refractivity contribution is -0.185. The molecule has 2 saturated heterocycles. The summed E-state index contributed by atoms with van der Waals surface area (Å²) in [6.07, 6.45) is 15.7. The SMILES string of the molecule is C.C.C.C/C=C/C[C@]1(O)CC[C@H]2[C@@H]3CC[C@@]45CC6(CC[C@@]4(O5)C3=CC[C@@]21C)OCCO6.S.S.S. The van der Waals surface area contributed by atoms with E-state index in [9.17, 15) is 5.11 Å². The number of hydrogen-bond acceptors (Lipinski definition) is 4. The molecule has 0 aromatic rings. The third-order valence-corrected chi connectivity index (χ3v) is 9.69. The molecule has 202 valence electrons. The Morgan fingerprint density at radius 1 is 1.00 bits per heavy atom. The van der Waals surface area contributed by atoms with Crippen molar-refractivity contribution in [2.45, 2.75) is 117 Å². The highest BCUT2D eigenvalue weighted by Crippen LogP contribution is 2.74. The van der Waals surface area contributed by atoms with Crippen LogP contribution in [0.2, 0.25) is 0 Å². The Balaban J connectivity index is 0.00000181. The highest BCUT2D eigenvalue weighted by molar-refractivity contribution is 7.59. The van der Waals surface area contributed by atoms with Crippen molar-refractivity contribution in [2.75, 3.05) is 13.2 Å². The first-order chi connectivity index (χ1) is 13.4. The molecule has 1 spiro atoms. The van der Waals surface area contributed by atoms with Crippen LogP contribution in [0.1, 0.15) is 93.9 Å². The molecule has 6 rings (SSSR count). The van der Waals surface area contributed by atoms with E-state index >= 15 is 0 Å². The molecule has 5 fully saturated rings. The molecule has 6 atom stereocenters. The summed E-state index contributed by atoms with van der Waals surface area (Å²) in [4.78, 5) is 0. The molecule has 0 unspecified atom stereocenters. The number of rotatable bonds is 2. The molecule has 6 aliphatic rings. The second kappa shape index (κ2) is 11.0. The van der Waals surface area contributed by atoms with E-state index in [4.69, 9.17) is 14.2 Å². The number of fused-ring (bicyclic) bond motifs is 3. The van der Waals surface area contributed by atoms with Gasteiger partial charge in [0.2, 0.25) is 0 Å². The highest BCUT2D eigenvalue weighted by atomic mass is 32.1. The van der Waals surface area contributed by atoms with Crippen molar-refractivity contribution >= 4 is 40.5 Å². The first-order valence-corrected chi connectivity index (χ1v) is 11.4. The summed E-state index contributed by atoms with van der Waals surface area (Å²) in [5.74, 6) is 0.777. The van der Waals surface area contributed by atoms with E-state index in [0.29, 0.717) is 11.8 Å². The van der Waals surface area contributed by atoms with E-state index in [1.807, 2.05) is 0 Å². The molecule has 2 aliphatic heterocycles. The minimum atomic E-state index is -0.565. The lowest BCUT2D eigenvalue weighted by Gasteiger charge is -2.52. The smallest absolute Gasteiger partial charge is 0.171 e. The van der Waals surface area contributed by atoms with E-state index < -0.39 is 5.60 Å². The zero-order valence-corrected chi connectivity index (χ0v) is 21.8. The fourth-order valence-electron chi connectivity index (χ4n) is 8.08. The Morgan fingerprint density at radius 3 is 2.32 bits per heavy atom. The average molecular weight is 537 g/mol. The van der Waals surface area contributed by atoms with Crippen molar-refractivity contribution in [3.05, 3.63) is 23.8 Å². The van der Waals surface area contributed by atoms with E-state index in [2.05, 4.69) is 32.1 Å². The van der Waals surface area contributed by atoms with Gasteiger partial charge in [0, 0.05) is 18.3 Å². The van der Waals surface area contributed by atoms with Gasteiger partial charge in [-0.1, -0.05) is 47.4 Å². The maximum atomic E-state index is 11.6. The van der Waals surface area contributed by atoms with Crippen LogP contribution >= 0.6 is 40.5 Å². The van der Waals surface area contributed by atoms with Gasteiger partial charge in [-0.05, 0) is 69.3 Å². The third kappa shape index (κ3) is 4.17. The van der Waals surface area contributed by atoms with Gasteiger partial charge in [0.15, 0.2) is 5.79 Å². The summed E-state index contributed by atoms with van der Waals surface area (Å²) < 4.78 is 18.8.